The number of hydrogen-bond donors (Lipinski definition) is 2. The van der Waals surface area contributed by atoms with Gasteiger partial charge in [0.1, 0.15) is 0 Å². The molecule has 0 aromatic heterocycles. The van der Waals surface area contributed by atoms with Gasteiger partial charge in [0.15, 0.2) is 0 Å². The van der Waals surface area contributed by atoms with E-state index in [4.69, 9.17) is 10.5 Å². The minimum Gasteiger partial charge on any atom is -0.380 e. The zero-order valence-corrected chi connectivity index (χ0v) is 11.2. The molecule has 0 fully saturated rings. The standard InChI is InChI=1S/C14H22N2O2/c1-11-4-5-12(2)13(10-11)14(17)16-7-3-8-18-9-6-15/h4-5,10H,3,6-9,15H2,1-2H3,(H,16,17). The van der Waals surface area contributed by atoms with Crippen molar-refractivity contribution in [3.05, 3.63) is 34.9 Å². The van der Waals surface area contributed by atoms with Crippen molar-refractivity contribution in [1.82, 2.24) is 5.32 Å². The summed E-state index contributed by atoms with van der Waals surface area (Å²) in [4.78, 5) is 11.9. The van der Waals surface area contributed by atoms with E-state index in [0.717, 1.165) is 23.1 Å². The molecule has 100 valence electrons. The predicted octanol–water partition coefficient (Wildman–Crippen LogP) is 1.40. The van der Waals surface area contributed by atoms with Crippen LogP contribution in [0, 0.1) is 13.8 Å². The molecule has 0 aliphatic carbocycles. The lowest BCUT2D eigenvalue weighted by atomic mass is 10.1. The highest BCUT2D eigenvalue weighted by Crippen LogP contribution is 2.10. The highest BCUT2D eigenvalue weighted by Gasteiger charge is 2.07. The van der Waals surface area contributed by atoms with E-state index in [9.17, 15) is 4.79 Å². The Bertz CT molecular complexity index is 391. The van der Waals surface area contributed by atoms with Crippen LogP contribution in [-0.2, 0) is 4.74 Å². The summed E-state index contributed by atoms with van der Waals surface area (Å²) in [6.45, 7) is 6.29. The minimum atomic E-state index is -0.0185. The lowest BCUT2D eigenvalue weighted by Gasteiger charge is -2.08. The second kappa shape index (κ2) is 7.84. The zero-order valence-electron chi connectivity index (χ0n) is 11.2. The van der Waals surface area contributed by atoms with Gasteiger partial charge in [0.25, 0.3) is 5.91 Å². The van der Waals surface area contributed by atoms with Crippen LogP contribution in [0.1, 0.15) is 27.9 Å². The fourth-order valence-corrected chi connectivity index (χ4v) is 1.64. The van der Waals surface area contributed by atoms with Gasteiger partial charge in [-0.3, -0.25) is 4.79 Å². The first-order valence-corrected chi connectivity index (χ1v) is 6.28. The third kappa shape index (κ3) is 4.85. The number of carbonyl (C=O) groups is 1. The highest BCUT2D eigenvalue weighted by molar-refractivity contribution is 5.95. The molecular formula is C14H22N2O2. The van der Waals surface area contributed by atoms with Crippen molar-refractivity contribution in [2.45, 2.75) is 20.3 Å². The first-order valence-electron chi connectivity index (χ1n) is 6.28. The van der Waals surface area contributed by atoms with Crippen molar-refractivity contribution in [3.8, 4) is 0 Å². The van der Waals surface area contributed by atoms with Gasteiger partial charge in [-0.1, -0.05) is 17.7 Å². The lowest BCUT2D eigenvalue weighted by Crippen LogP contribution is -2.26. The lowest BCUT2D eigenvalue weighted by molar-refractivity contribution is 0.0942. The van der Waals surface area contributed by atoms with Gasteiger partial charge in [0, 0.05) is 25.3 Å². The van der Waals surface area contributed by atoms with E-state index in [0.29, 0.717) is 26.3 Å². The molecule has 1 rings (SSSR count). The number of rotatable bonds is 7. The Morgan fingerprint density at radius 1 is 1.33 bits per heavy atom. The number of nitrogens with one attached hydrogen (secondary N) is 1. The van der Waals surface area contributed by atoms with Gasteiger partial charge in [-0.15, -0.1) is 0 Å². The number of amides is 1. The molecule has 18 heavy (non-hydrogen) atoms. The monoisotopic (exact) mass is 250 g/mol. The summed E-state index contributed by atoms with van der Waals surface area (Å²) >= 11 is 0. The van der Waals surface area contributed by atoms with Crippen LogP contribution < -0.4 is 11.1 Å². The van der Waals surface area contributed by atoms with Crippen molar-refractivity contribution < 1.29 is 9.53 Å². The predicted molar refractivity (Wildman–Crippen MR) is 72.7 cm³/mol. The van der Waals surface area contributed by atoms with E-state index in [1.165, 1.54) is 0 Å². The number of ether oxygens (including phenoxy) is 1. The summed E-state index contributed by atoms with van der Waals surface area (Å²) in [7, 11) is 0. The molecule has 0 bridgehead atoms. The second-order valence-corrected chi connectivity index (χ2v) is 4.33. The summed E-state index contributed by atoms with van der Waals surface area (Å²) < 4.78 is 5.24. The van der Waals surface area contributed by atoms with Crippen molar-refractivity contribution in [1.29, 1.82) is 0 Å². The normalized spacial score (nSPS) is 10.4. The molecular weight excluding hydrogens is 228 g/mol. The molecule has 1 amide bonds. The number of benzene rings is 1. The van der Waals surface area contributed by atoms with Crippen LogP contribution in [0.3, 0.4) is 0 Å². The molecule has 0 heterocycles. The van der Waals surface area contributed by atoms with E-state index < -0.39 is 0 Å². The Morgan fingerprint density at radius 3 is 2.83 bits per heavy atom. The molecule has 0 aliphatic rings. The van der Waals surface area contributed by atoms with Crippen molar-refractivity contribution >= 4 is 5.91 Å². The molecule has 3 N–H and O–H groups in total. The Balaban J connectivity index is 2.34. The Kier molecular flexibility index (Phi) is 6.39. The van der Waals surface area contributed by atoms with Gasteiger partial charge in [0.2, 0.25) is 0 Å². The van der Waals surface area contributed by atoms with Crippen LogP contribution >= 0.6 is 0 Å². The molecule has 0 unspecified atom stereocenters. The smallest absolute Gasteiger partial charge is 0.251 e. The SMILES string of the molecule is Cc1ccc(C)c(C(=O)NCCCOCCN)c1. The maximum atomic E-state index is 11.9. The average Bonchev–Trinajstić information content (AvgIpc) is 2.36. The molecule has 1 aromatic rings. The molecule has 0 aliphatic heterocycles. The third-order valence-electron chi connectivity index (χ3n) is 2.65. The van der Waals surface area contributed by atoms with Crippen molar-refractivity contribution in [2.24, 2.45) is 5.73 Å². The summed E-state index contributed by atoms with van der Waals surface area (Å²) in [5.74, 6) is -0.0185. The van der Waals surface area contributed by atoms with E-state index in [2.05, 4.69) is 5.32 Å². The molecule has 1 aromatic carbocycles. The van der Waals surface area contributed by atoms with E-state index in [1.807, 2.05) is 32.0 Å². The average molecular weight is 250 g/mol. The Morgan fingerprint density at radius 2 is 2.11 bits per heavy atom. The third-order valence-corrected chi connectivity index (χ3v) is 2.65. The van der Waals surface area contributed by atoms with Crippen molar-refractivity contribution in [3.63, 3.8) is 0 Å². The maximum Gasteiger partial charge on any atom is 0.251 e. The Hall–Kier alpha value is -1.39. The van der Waals surface area contributed by atoms with Crippen LogP contribution in [0.5, 0.6) is 0 Å². The summed E-state index contributed by atoms with van der Waals surface area (Å²) in [5.41, 5.74) is 8.14. The number of carbonyl (C=O) groups excluding carboxylic acids is 1. The van der Waals surface area contributed by atoms with E-state index >= 15 is 0 Å². The highest BCUT2D eigenvalue weighted by atomic mass is 16.5. The fourth-order valence-electron chi connectivity index (χ4n) is 1.64. The largest absolute Gasteiger partial charge is 0.380 e. The molecule has 4 heteroatoms. The minimum absolute atomic E-state index is 0.0185. The van der Waals surface area contributed by atoms with Gasteiger partial charge in [-0.25, -0.2) is 0 Å². The summed E-state index contributed by atoms with van der Waals surface area (Å²) in [5, 5.41) is 2.89. The topological polar surface area (TPSA) is 64.3 Å². The van der Waals surface area contributed by atoms with Gasteiger partial charge in [-0.05, 0) is 31.9 Å². The van der Waals surface area contributed by atoms with Crippen LogP contribution in [0.4, 0.5) is 0 Å². The molecule has 0 atom stereocenters. The first kappa shape index (κ1) is 14.7. The molecule has 0 saturated heterocycles. The van der Waals surface area contributed by atoms with Crippen LogP contribution in [-0.4, -0.2) is 32.2 Å². The van der Waals surface area contributed by atoms with Crippen LogP contribution in [0.2, 0.25) is 0 Å². The number of nitrogens with two attached hydrogens (primary N) is 1. The van der Waals surface area contributed by atoms with Gasteiger partial charge in [-0.2, -0.15) is 0 Å². The Labute approximate surface area is 109 Å². The maximum absolute atomic E-state index is 11.9. The van der Waals surface area contributed by atoms with Crippen LogP contribution in [0.25, 0.3) is 0 Å². The number of hydrogen-bond acceptors (Lipinski definition) is 3. The van der Waals surface area contributed by atoms with Gasteiger partial charge < -0.3 is 15.8 Å². The van der Waals surface area contributed by atoms with Gasteiger partial charge in [0.05, 0.1) is 6.61 Å². The zero-order chi connectivity index (χ0) is 13.4. The van der Waals surface area contributed by atoms with Gasteiger partial charge >= 0.3 is 0 Å². The molecule has 0 saturated carbocycles. The fraction of sp³-hybridized carbons (Fsp3) is 0.500. The first-order chi connectivity index (χ1) is 8.65. The van der Waals surface area contributed by atoms with Crippen molar-refractivity contribution in [2.75, 3.05) is 26.3 Å². The second-order valence-electron chi connectivity index (χ2n) is 4.33. The van der Waals surface area contributed by atoms with Crippen LogP contribution in [0.15, 0.2) is 18.2 Å². The van der Waals surface area contributed by atoms with E-state index in [-0.39, 0.29) is 5.91 Å². The molecule has 0 radical (unpaired) electrons. The number of aryl methyl sites for hydroxylation is 2. The van der Waals surface area contributed by atoms with E-state index in [1.54, 1.807) is 0 Å². The quantitative estimate of drug-likeness (QED) is 0.719. The molecule has 4 nitrogen and oxygen atoms in total. The summed E-state index contributed by atoms with van der Waals surface area (Å²) in [6, 6.07) is 5.89. The summed E-state index contributed by atoms with van der Waals surface area (Å²) in [6.07, 6.45) is 0.802. The molecule has 0 spiro atoms.